The number of hydrogen-bond acceptors (Lipinski definition) is 3. The molecule has 1 atom stereocenters. The fourth-order valence-corrected chi connectivity index (χ4v) is 3.22. The first-order chi connectivity index (χ1) is 14.1. The molecule has 2 rings (SSSR count). The van der Waals surface area contributed by atoms with E-state index in [1.54, 1.807) is 0 Å². The van der Waals surface area contributed by atoms with Gasteiger partial charge in [0.25, 0.3) is 0 Å². The molecule has 29 heavy (non-hydrogen) atoms. The third kappa shape index (κ3) is 8.31. The minimum absolute atomic E-state index is 0.100. The average Bonchev–Trinajstić information content (AvgIpc) is 2.74. The average molecular weight is 397 g/mol. The molecule has 0 saturated heterocycles. The predicted molar refractivity (Wildman–Crippen MR) is 120 cm³/mol. The SMILES string of the molecule is CCCCCCCC(=O)OC(C)c1ccc(-c2ccc(OCCCC)cc2)cc1. The molecule has 2 aromatic rings. The molecule has 0 aliphatic rings. The zero-order valence-electron chi connectivity index (χ0n) is 18.3. The van der Waals surface area contributed by atoms with Gasteiger partial charge in [0.15, 0.2) is 0 Å². The molecule has 0 saturated carbocycles. The van der Waals surface area contributed by atoms with Crippen LogP contribution in [0, 0.1) is 0 Å². The number of benzene rings is 2. The highest BCUT2D eigenvalue weighted by Gasteiger charge is 2.12. The second-order valence-electron chi connectivity index (χ2n) is 7.64. The molecule has 0 aliphatic heterocycles. The molecular formula is C26H36O3. The first-order valence-electron chi connectivity index (χ1n) is 11.2. The number of carbonyl (C=O) groups excluding carboxylic acids is 1. The van der Waals surface area contributed by atoms with Gasteiger partial charge in [-0.05, 0) is 48.6 Å². The fraction of sp³-hybridized carbons (Fsp3) is 0.500. The Morgan fingerprint density at radius 3 is 2.00 bits per heavy atom. The van der Waals surface area contributed by atoms with Crippen molar-refractivity contribution in [1.29, 1.82) is 0 Å². The summed E-state index contributed by atoms with van der Waals surface area (Å²) in [6.07, 6.45) is 8.19. The minimum Gasteiger partial charge on any atom is -0.494 e. The predicted octanol–water partition coefficient (Wildman–Crippen LogP) is 7.50. The van der Waals surface area contributed by atoms with Gasteiger partial charge in [0.05, 0.1) is 6.61 Å². The van der Waals surface area contributed by atoms with Gasteiger partial charge in [0.1, 0.15) is 11.9 Å². The molecule has 0 N–H and O–H groups in total. The van der Waals surface area contributed by atoms with E-state index >= 15 is 0 Å². The summed E-state index contributed by atoms with van der Waals surface area (Å²) in [5.74, 6) is 0.811. The lowest BCUT2D eigenvalue weighted by atomic mass is 10.0. The monoisotopic (exact) mass is 396 g/mol. The van der Waals surface area contributed by atoms with Crippen LogP contribution in [0.3, 0.4) is 0 Å². The van der Waals surface area contributed by atoms with Crippen LogP contribution in [0.25, 0.3) is 11.1 Å². The molecule has 0 heterocycles. The third-order valence-corrected chi connectivity index (χ3v) is 5.13. The number of unbranched alkanes of at least 4 members (excludes halogenated alkanes) is 5. The van der Waals surface area contributed by atoms with E-state index < -0.39 is 0 Å². The Morgan fingerprint density at radius 1 is 0.793 bits per heavy atom. The van der Waals surface area contributed by atoms with Gasteiger partial charge in [-0.3, -0.25) is 4.79 Å². The summed E-state index contributed by atoms with van der Waals surface area (Å²) in [6.45, 7) is 7.05. The Morgan fingerprint density at radius 2 is 1.38 bits per heavy atom. The van der Waals surface area contributed by atoms with Crippen LogP contribution in [0.5, 0.6) is 5.75 Å². The van der Waals surface area contributed by atoms with Crippen molar-refractivity contribution in [3.63, 3.8) is 0 Å². The maximum atomic E-state index is 12.0. The quantitative estimate of drug-likeness (QED) is 0.260. The molecule has 0 fully saturated rings. The van der Waals surface area contributed by atoms with Crippen LogP contribution in [0.1, 0.15) is 83.8 Å². The lowest BCUT2D eigenvalue weighted by molar-refractivity contribution is -0.148. The molecule has 0 bridgehead atoms. The van der Waals surface area contributed by atoms with Crippen molar-refractivity contribution in [2.24, 2.45) is 0 Å². The number of ether oxygens (including phenoxy) is 2. The van der Waals surface area contributed by atoms with Gasteiger partial charge in [-0.2, -0.15) is 0 Å². The van der Waals surface area contributed by atoms with E-state index in [1.165, 1.54) is 19.3 Å². The van der Waals surface area contributed by atoms with Gasteiger partial charge in [0.2, 0.25) is 0 Å². The van der Waals surface area contributed by atoms with Gasteiger partial charge < -0.3 is 9.47 Å². The van der Waals surface area contributed by atoms with Crippen LogP contribution in [0.4, 0.5) is 0 Å². The smallest absolute Gasteiger partial charge is 0.306 e. The van der Waals surface area contributed by atoms with Gasteiger partial charge in [0, 0.05) is 6.42 Å². The van der Waals surface area contributed by atoms with Gasteiger partial charge >= 0.3 is 5.97 Å². The Labute approximate surface area is 176 Å². The largest absolute Gasteiger partial charge is 0.494 e. The van der Waals surface area contributed by atoms with Crippen molar-refractivity contribution < 1.29 is 14.3 Å². The summed E-state index contributed by atoms with van der Waals surface area (Å²) in [5.41, 5.74) is 3.31. The van der Waals surface area contributed by atoms with Crippen molar-refractivity contribution in [2.45, 2.75) is 78.2 Å². The number of rotatable bonds is 13. The van der Waals surface area contributed by atoms with Gasteiger partial charge in [-0.25, -0.2) is 0 Å². The highest BCUT2D eigenvalue weighted by molar-refractivity contribution is 5.69. The maximum absolute atomic E-state index is 12.0. The molecule has 3 heteroatoms. The van der Waals surface area contributed by atoms with Crippen molar-refractivity contribution in [1.82, 2.24) is 0 Å². The van der Waals surface area contributed by atoms with Crippen LogP contribution in [-0.4, -0.2) is 12.6 Å². The molecule has 0 amide bonds. The van der Waals surface area contributed by atoms with Crippen LogP contribution < -0.4 is 4.74 Å². The minimum atomic E-state index is -0.221. The molecule has 2 aromatic carbocycles. The van der Waals surface area contributed by atoms with Crippen LogP contribution >= 0.6 is 0 Å². The van der Waals surface area contributed by atoms with E-state index in [-0.39, 0.29) is 12.1 Å². The molecule has 0 radical (unpaired) electrons. The molecule has 158 valence electrons. The lowest BCUT2D eigenvalue weighted by Gasteiger charge is -2.14. The second-order valence-corrected chi connectivity index (χ2v) is 7.64. The zero-order chi connectivity index (χ0) is 20.9. The van der Waals surface area contributed by atoms with E-state index in [2.05, 4.69) is 38.1 Å². The number of hydrogen-bond donors (Lipinski definition) is 0. The van der Waals surface area contributed by atoms with Crippen LogP contribution in [0.15, 0.2) is 48.5 Å². The Balaban J connectivity index is 1.83. The Hall–Kier alpha value is -2.29. The van der Waals surface area contributed by atoms with Gasteiger partial charge in [-0.15, -0.1) is 0 Å². The number of esters is 1. The summed E-state index contributed by atoms with van der Waals surface area (Å²) in [6, 6.07) is 16.4. The van der Waals surface area contributed by atoms with Crippen LogP contribution in [0.2, 0.25) is 0 Å². The summed E-state index contributed by atoms with van der Waals surface area (Å²) < 4.78 is 11.3. The van der Waals surface area contributed by atoms with Crippen molar-refractivity contribution >= 4 is 5.97 Å². The zero-order valence-corrected chi connectivity index (χ0v) is 18.3. The summed E-state index contributed by atoms with van der Waals surface area (Å²) in [4.78, 5) is 12.0. The highest BCUT2D eigenvalue weighted by Crippen LogP contribution is 2.25. The van der Waals surface area contributed by atoms with Gasteiger partial charge in [-0.1, -0.05) is 82.3 Å². The molecule has 0 spiro atoms. The van der Waals surface area contributed by atoms with E-state index in [1.807, 2.05) is 31.2 Å². The van der Waals surface area contributed by atoms with Crippen molar-refractivity contribution in [3.05, 3.63) is 54.1 Å². The first kappa shape index (κ1) is 23.0. The maximum Gasteiger partial charge on any atom is 0.306 e. The topological polar surface area (TPSA) is 35.5 Å². The summed E-state index contributed by atoms with van der Waals surface area (Å²) in [7, 11) is 0. The van der Waals surface area contributed by atoms with E-state index in [9.17, 15) is 4.79 Å². The van der Waals surface area contributed by atoms with E-state index in [4.69, 9.17) is 9.47 Å². The van der Waals surface area contributed by atoms with E-state index in [0.717, 1.165) is 54.7 Å². The standard InChI is InChI=1S/C26H36O3/c1-4-6-8-9-10-11-26(27)29-21(3)22-12-14-23(15-13-22)24-16-18-25(19-17-24)28-20-7-5-2/h12-19,21H,4-11,20H2,1-3H3. The summed E-state index contributed by atoms with van der Waals surface area (Å²) in [5, 5.41) is 0. The third-order valence-electron chi connectivity index (χ3n) is 5.13. The molecule has 0 aromatic heterocycles. The molecular weight excluding hydrogens is 360 g/mol. The summed E-state index contributed by atoms with van der Waals surface area (Å²) >= 11 is 0. The lowest BCUT2D eigenvalue weighted by Crippen LogP contribution is -2.08. The Kier molecular flexibility index (Phi) is 10.3. The van der Waals surface area contributed by atoms with E-state index in [0.29, 0.717) is 6.42 Å². The Bertz CT molecular complexity index is 704. The highest BCUT2D eigenvalue weighted by atomic mass is 16.5. The molecule has 0 aliphatic carbocycles. The normalized spacial score (nSPS) is 11.8. The van der Waals surface area contributed by atoms with Crippen molar-refractivity contribution in [2.75, 3.05) is 6.61 Å². The van der Waals surface area contributed by atoms with Crippen LogP contribution in [-0.2, 0) is 9.53 Å². The molecule has 3 nitrogen and oxygen atoms in total. The molecule has 1 unspecified atom stereocenters. The number of carbonyl (C=O) groups is 1. The first-order valence-corrected chi connectivity index (χ1v) is 11.2. The fourth-order valence-electron chi connectivity index (χ4n) is 3.22. The second kappa shape index (κ2) is 13.0. The van der Waals surface area contributed by atoms with Crippen molar-refractivity contribution in [3.8, 4) is 16.9 Å².